The minimum absolute atomic E-state index is 0. The first-order valence-corrected chi connectivity index (χ1v) is 10.2. The molecule has 9 heteroatoms. The minimum Gasteiger partial charge on any atom is -0.856 e. The summed E-state index contributed by atoms with van der Waals surface area (Å²) < 4.78 is 5.81. The van der Waals surface area contributed by atoms with Crippen LogP contribution < -0.4 is 5.11 Å². The SMILES string of the molecule is Cl.[O-]C1=Nc2ccc(Cl)cc2C(c2ccccc2Cl)=NC1[N+]1(CCO)CCOCC1. The zero-order valence-corrected chi connectivity index (χ0v) is 18.5. The number of aliphatic hydroxyl groups excluding tert-OH is 1. The van der Waals surface area contributed by atoms with Crippen molar-refractivity contribution in [2.75, 3.05) is 39.5 Å². The number of halogens is 3. The van der Waals surface area contributed by atoms with E-state index in [0.717, 1.165) is 0 Å². The van der Waals surface area contributed by atoms with Gasteiger partial charge in [-0.15, -0.1) is 12.4 Å². The van der Waals surface area contributed by atoms with Crippen LogP contribution in [0.5, 0.6) is 0 Å². The summed E-state index contributed by atoms with van der Waals surface area (Å²) in [4.78, 5) is 9.30. The second-order valence-electron chi connectivity index (χ2n) is 7.17. The molecule has 0 spiro atoms. The predicted molar refractivity (Wildman–Crippen MR) is 119 cm³/mol. The van der Waals surface area contributed by atoms with Crippen LogP contribution in [0.1, 0.15) is 11.1 Å². The van der Waals surface area contributed by atoms with E-state index < -0.39 is 6.17 Å². The van der Waals surface area contributed by atoms with E-state index in [4.69, 9.17) is 32.9 Å². The molecule has 0 saturated carbocycles. The molecule has 0 radical (unpaired) electrons. The molecule has 2 aromatic carbocycles. The lowest BCUT2D eigenvalue weighted by Crippen LogP contribution is -2.65. The number of fused-ring (bicyclic) bond motifs is 1. The highest BCUT2D eigenvalue weighted by Gasteiger charge is 2.40. The lowest BCUT2D eigenvalue weighted by Gasteiger charge is -2.46. The first-order valence-electron chi connectivity index (χ1n) is 9.47. The number of aliphatic hydroxyl groups is 1. The van der Waals surface area contributed by atoms with E-state index in [1.54, 1.807) is 24.3 Å². The zero-order valence-electron chi connectivity index (χ0n) is 16.1. The molecule has 0 amide bonds. The summed E-state index contributed by atoms with van der Waals surface area (Å²) >= 11 is 12.7. The van der Waals surface area contributed by atoms with E-state index in [9.17, 15) is 10.2 Å². The summed E-state index contributed by atoms with van der Waals surface area (Å²) in [5.74, 6) is -0.342. The van der Waals surface area contributed by atoms with Gasteiger partial charge in [0.1, 0.15) is 19.6 Å². The molecule has 4 rings (SSSR count). The van der Waals surface area contributed by atoms with Crippen molar-refractivity contribution in [3.63, 3.8) is 0 Å². The summed E-state index contributed by atoms with van der Waals surface area (Å²) in [6.45, 7) is 2.48. The van der Waals surface area contributed by atoms with Gasteiger partial charge in [-0.2, -0.15) is 0 Å². The molecule has 2 aliphatic heterocycles. The molecule has 1 saturated heterocycles. The van der Waals surface area contributed by atoms with Crippen molar-refractivity contribution >= 4 is 52.9 Å². The quantitative estimate of drug-likeness (QED) is 0.698. The summed E-state index contributed by atoms with van der Waals surface area (Å²) in [5, 5.41) is 24.0. The maximum Gasteiger partial charge on any atom is 0.213 e. The van der Waals surface area contributed by atoms with Crippen molar-refractivity contribution in [1.29, 1.82) is 0 Å². The number of hydrogen-bond donors (Lipinski definition) is 1. The van der Waals surface area contributed by atoms with Crippen molar-refractivity contribution in [2.45, 2.75) is 6.17 Å². The van der Waals surface area contributed by atoms with E-state index in [-0.39, 0.29) is 24.9 Å². The number of benzene rings is 2. The topological polar surface area (TPSA) is 77.2 Å². The number of rotatable bonds is 4. The van der Waals surface area contributed by atoms with E-state index in [0.29, 0.717) is 69.9 Å². The van der Waals surface area contributed by atoms with Gasteiger partial charge in [-0.05, 0) is 24.3 Å². The Morgan fingerprint density at radius 1 is 1.10 bits per heavy atom. The normalized spacial score (nSPS) is 20.3. The first kappa shape index (κ1) is 23.0. The van der Waals surface area contributed by atoms with Crippen molar-refractivity contribution in [1.82, 2.24) is 0 Å². The lowest BCUT2D eigenvalue weighted by molar-refractivity contribution is -0.949. The van der Waals surface area contributed by atoms with Gasteiger partial charge in [-0.25, -0.2) is 4.99 Å². The number of ether oxygens (including phenoxy) is 1. The predicted octanol–water partition coefficient (Wildman–Crippen LogP) is 2.82. The van der Waals surface area contributed by atoms with Gasteiger partial charge in [0.15, 0.2) is 0 Å². The Labute approximate surface area is 191 Å². The summed E-state index contributed by atoms with van der Waals surface area (Å²) in [7, 11) is 0. The van der Waals surface area contributed by atoms with E-state index in [1.807, 2.05) is 18.2 Å². The maximum atomic E-state index is 13.2. The molecule has 0 bridgehead atoms. The van der Waals surface area contributed by atoms with E-state index in [2.05, 4.69) is 4.99 Å². The Morgan fingerprint density at radius 3 is 2.53 bits per heavy atom. The lowest BCUT2D eigenvalue weighted by atomic mass is 10.0. The third-order valence-corrected chi connectivity index (χ3v) is 6.04. The van der Waals surface area contributed by atoms with Gasteiger partial charge in [-0.3, -0.25) is 9.48 Å². The van der Waals surface area contributed by atoms with Crippen molar-refractivity contribution in [3.8, 4) is 0 Å². The highest BCUT2D eigenvalue weighted by Crippen LogP contribution is 2.33. The molecule has 30 heavy (non-hydrogen) atoms. The van der Waals surface area contributed by atoms with Crippen LogP contribution in [-0.4, -0.2) is 66.8 Å². The van der Waals surface area contributed by atoms with Crippen LogP contribution in [0.2, 0.25) is 10.0 Å². The Balaban J connectivity index is 0.00000256. The molecular weight excluding hydrogens is 449 g/mol. The smallest absolute Gasteiger partial charge is 0.213 e. The monoisotopic (exact) mass is 469 g/mol. The van der Waals surface area contributed by atoms with Crippen LogP contribution >= 0.6 is 35.6 Å². The van der Waals surface area contributed by atoms with Crippen LogP contribution in [0.25, 0.3) is 0 Å². The average Bonchev–Trinajstić information content (AvgIpc) is 2.86. The molecule has 2 aliphatic rings. The van der Waals surface area contributed by atoms with Gasteiger partial charge in [0.25, 0.3) is 0 Å². The summed E-state index contributed by atoms with van der Waals surface area (Å²) in [6.07, 6.45) is -0.788. The van der Waals surface area contributed by atoms with Crippen LogP contribution in [0.4, 0.5) is 5.69 Å². The first-order chi connectivity index (χ1) is 14.0. The van der Waals surface area contributed by atoms with Crippen LogP contribution in [0, 0.1) is 0 Å². The highest BCUT2D eigenvalue weighted by atomic mass is 35.5. The Morgan fingerprint density at radius 2 is 1.83 bits per heavy atom. The summed E-state index contributed by atoms with van der Waals surface area (Å²) in [6, 6.07) is 12.6. The Bertz CT molecular complexity index is 969. The largest absolute Gasteiger partial charge is 0.856 e. The zero-order chi connectivity index (χ0) is 20.4. The molecule has 1 unspecified atom stereocenters. The van der Waals surface area contributed by atoms with Gasteiger partial charge in [0.05, 0.1) is 31.2 Å². The van der Waals surface area contributed by atoms with Gasteiger partial charge in [-0.1, -0.05) is 41.4 Å². The van der Waals surface area contributed by atoms with E-state index >= 15 is 0 Å². The molecule has 160 valence electrons. The Hall–Kier alpha value is -1.67. The van der Waals surface area contributed by atoms with Gasteiger partial charge >= 0.3 is 0 Å². The molecule has 2 heterocycles. The molecule has 1 N–H and O–H groups in total. The van der Waals surface area contributed by atoms with Crippen LogP contribution in [0.3, 0.4) is 0 Å². The van der Waals surface area contributed by atoms with Crippen molar-refractivity contribution in [3.05, 3.63) is 63.6 Å². The summed E-state index contributed by atoms with van der Waals surface area (Å²) in [5.41, 5.74) is 2.46. The molecular formula is C21H22Cl3N3O3. The van der Waals surface area contributed by atoms with Crippen LogP contribution in [-0.2, 0) is 4.74 Å². The second-order valence-corrected chi connectivity index (χ2v) is 8.01. The molecule has 0 aromatic heterocycles. The molecule has 6 nitrogen and oxygen atoms in total. The number of quaternary nitrogens is 1. The van der Waals surface area contributed by atoms with Crippen molar-refractivity contribution < 1.29 is 19.4 Å². The number of hydrogen-bond acceptors (Lipinski definition) is 5. The third kappa shape index (κ3) is 4.35. The third-order valence-electron chi connectivity index (χ3n) is 5.47. The number of nitrogens with zero attached hydrogens (tertiary/aromatic N) is 3. The Kier molecular flexibility index (Phi) is 7.39. The highest BCUT2D eigenvalue weighted by molar-refractivity contribution is 6.36. The minimum atomic E-state index is -0.788. The molecule has 1 atom stereocenters. The fourth-order valence-electron chi connectivity index (χ4n) is 3.94. The number of aliphatic imine (C=N–C) groups is 2. The average molecular weight is 471 g/mol. The fourth-order valence-corrected chi connectivity index (χ4v) is 4.34. The number of morpholine rings is 1. The van der Waals surface area contributed by atoms with Crippen LogP contribution in [0.15, 0.2) is 52.4 Å². The molecule has 0 aliphatic carbocycles. The van der Waals surface area contributed by atoms with Gasteiger partial charge in [0.2, 0.25) is 6.17 Å². The second kappa shape index (κ2) is 9.64. The van der Waals surface area contributed by atoms with Gasteiger partial charge < -0.3 is 14.9 Å². The van der Waals surface area contributed by atoms with Crippen molar-refractivity contribution in [2.24, 2.45) is 9.98 Å². The van der Waals surface area contributed by atoms with E-state index in [1.165, 1.54) is 0 Å². The fraction of sp³-hybridized carbons (Fsp3) is 0.333. The molecule has 2 aromatic rings. The molecule has 1 fully saturated rings. The van der Waals surface area contributed by atoms with Gasteiger partial charge in [0, 0.05) is 27.1 Å². The maximum absolute atomic E-state index is 13.2. The standard InChI is InChI=1S/C21H21Cl2N3O3.ClH/c22-14-5-6-18-16(13-14)19(15-3-1-2-4-17(15)23)25-20(21(28)24-18)26(7-10-27)8-11-29-12-9-26;/h1-6,13,20,27H,7-12H2;1H.